The van der Waals surface area contributed by atoms with Gasteiger partial charge >= 0.3 is 18.2 Å². The topological polar surface area (TPSA) is 89.9 Å². The molecule has 0 aromatic heterocycles. The second-order valence-electron chi connectivity index (χ2n) is 3.15. The highest BCUT2D eigenvalue weighted by molar-refractivity contribution is 5.82. The van der Waals surface area contributed by atoms with Crippen molar-refractivity contribution in [2.24, 2.45) is 0 Å². The number of aliphatic carboxylic acids is 1. The Hall–Kier alpha value is -1.51. The molecule has 0 aliphatic rings. The number of alkyl halides is 3. The molecule has 17 heavy (non-hydrogen) atoms. The quantitative estimate of drug-likeness (QED) is 0.648. The predicted octanol–water partition coefficient (Wildman–Crippen LogP) is 0.0257. The number of amides is 2. The van der Waals surface area contributed by atoms with Gasteiger partial charge in [-0.05, 0) is 6.92 Å². The van der Waals surface area contributed by atoms with Crippen LogP contribution in [-0.2, 0) is 4.79 Å². The first-order valence-corrected chi connectivity index (χ1v) is 4.67. The highest BCUT2D eigenvalue weighted by atomic mass is 19.4. The Morgan fingerprint density at radius 3 is 2.24 bits per heavy atom. The largest absolute Gasteiger partial charge is 0.480 e. The van der Waals surface area contributed by atoms with E-state index in [1.54, 1.807) is 5.32 Å². The molecule has 1 atom stereocenters. The van der Waals surface area contributed by atoms with E-state index in [0.29, 0.717) is 4.90 Å². The minimum Gasteiger partial charge on any atom is -0.480 e. The third-order valence-electron chi connectivity index (χ3n) is 1.82. The standard InChI is InChI=1S/C8H13F3N2O4/c1-2-13(4-8(9,10)11)7(17)12-5(3-14)6(15)16/h5,14H,2-4H2,1H3,(H,12,17)(H,15,16)/t5-/m0/s1. The van der Waals surface area contributed by atoms with Gasteiger partial charge in [0.05, 0.1) is 6.61 Å². The van der Waals surface area contributed by atoms with Crippen molar-refractivity contribution in [3.05, 3.63) is 0 Å². The smallest absolute Gasteiger partial charge is 0.406 e. The summed E-state index contributed by atoms with van der Waals surface area (Å²) in [4.78, 5) is 22.1. The predicted molar refractivity (Wildman–Crippen MR) is 50.3 cm³/mol. The van der Waals surface area contributed by atoms with Gasteiger partial charge in [-0.1, -0.05) is 0 Å². The number of urea groups is 1. The van der Waals surface area contributed by atoms with E-state index in [4.69, 9.17) is 10.2 Å². The molecule has 9 heteroatoms. The number of aliphatic hydroxyl groups excluding tert-OH is 1. The molecule has 0 spiro atoms. The second kappa shape index (κ2) is 6.28. The number of aliphatic hydroxyl groups is 1. The van der Waals surface area contributed by atoms with Crippen molar-refractivity contribution in [1.82, 2.24) is 10.2 Å². The van der Waals surface area contributed by atoms with Gasteiger partial charge < -0.3 is 20.4 Å². The van der Waals surface area contributed by atoms with E-state index >= 15 is 0 Å². The Labute approximate surface area is 95.0 Å². The molecule has 0 fully saturated rings. The molecule has 0 aliphatic carbocycles. The third-order valence-corrected chi connectivity index (χ3v) is 1.82. The lowest BCUT2D eigenvalue weighted by Crippen LogP contribution is -2.51. The van der Waals surface area contributed by atoms with Crippen LogP contribution < -0.4 is 5.32 Å². The fourth-order valence-electron chi connectivity index (χ4n) is 0.969. The monoisotopic (exact) mass is 258 g/mol. The van der Waals surface area contributed by atoms with E-state index in [1.807, 2.05) is 0 Å². The molecule has 2 amide bonds. The zero-order valence-electron chi connectivity index (χ0n) is 8.99. The van der Waals surface area contributed by atoms with Crippen molar-refractivity contribution in [2.45, 2.75) is 19.1 Å². The van der Waals surface area contributed by atoms with E-state index in [-0.39, 0.29) is 6.54 Å². The molecule has 0 heterocycles. The van der Waals surface area contributed by atoms with E-state index in [9.17, 15) is 22.8 Å². The first-order chi connectivity index (χ1) is 7.71. The van der Waals surface area contributed by atoms with E-state index in [1.165, 1.54) is 6.92 Å². The maximum Gasteiger partial charge on any atom is 0.406 e. The van der Waals surface area contributed by atoms with Crippen molar-refractivity contribution in [3.63, 3.8) is 0 Å². The molecule has 3 N–H and O–H groups in total. The molecule has 100 valence electrons. The van der Waals surface area contributed by atoms with Gasteiger partial charge in [0.15, 0.2) is 6.04 Å². The van der Waals surface area contributed by atoms with Gasteiger partial charge in [0, 0.05) is 6.54 Å². The summed E-state index contributed by atoms with van der Waals surface area (Å²) < 4.78 is 36.1. The normalized spacial score (nSPS) is 13.0. The van der Waals surface area contributed by atoms with Crippen LogP contribution in [0.4, 0.5) is 18.0 Å². The summed E-state index contributed by atoms with van der Waals surface area (Å²) in [5.41, 5.74) is 0. The molecule has 0 aliphatic heterocycles. The molecule has 0 unspecified atom stereocenters. The van der Waals surface area contributed by atoms with Crippen LogP contribution in [-0.4, -0.2) is 59.0 Å². The Morgan fingerprint density at radius 1 is 1.41 bits per heavy atom. The maximum atomic E-state index is 12.0. The molecule has 0 saturated heterocycles. The van der Waals surface area contributed by atoms with Crippen LogP contribution in [0.5, 0.6) is 0 Å². The summed E-state index contributed by atoms with van der Waals surface area (Å²) >= 11 is 0. The Kier molecular flexibility index (Phi) is 5.72. The highest BCUT2D eigenvalue weighted by Crippen LogP contribution is 2.16. The van der Waals surface area contributed by atoms with Crippen molar-refractivity contribution in [1.29, 1.82) is 0 Å². The Morgan fingerprint density at radius 2 is 1.94 bits per heavy atom. The second-order valence-corrected chi connectivity index (χ2v) is 3.15. The minimum atomic E-state index is -4.56. The van der Waals surface area contributed by atoms with Crippen LogP contribution in [0.1, 0.15) is 6.92 Å². The van der Waals surface area contributed by atoms with Crippen LogP contribution in [0, 0.1) is 0 Å². The summed E-state index contributed by atoms with van der Waals surface area (Å²) in [5.74, 6) is -1.52. The zero-order valence-corrected chi connectivity index (χ0v) is 8.99. The van der Waals surface area contributed by atoms with Gasteiger partial charge in [0.1, 0.15) is 6.54 Å². The van der Waals surface area contributed by atoms with Crippen molar-refractivity contribution < 1.29 is 33.0 Å². The number of nitrogens with zero attached hydrogens (tertiary/aromatic N) is 1. The molecule has 0 radical (unpaired) electrons. The van der Waals surface area contributed by atoms with Crippen LogP contribution in [0.3, 0.4) is 0 Å². The molecular formula is C8H13F3N2O4. The molecule has 6 nitrogen and oxygen atoms in total. The number of halogens is 3. The number of carbonyl (C=O) groups excluding carboxylic acids is 1. The van der Waals surface area contributed by atoms with Gasteiger partial charge in [-0.25, -0.2) is 9.59 Å². The van der Waals surface area contributed by atoms with Gasteiger partial charge in [0.25, 0.3) is 0 Å². The van der Waals surface area contributed by atoms with Crippen molar-refractivity contribution in [3.8, 4) is 0 Å². The molecular weight excluding hydrogens is 245 g/mol. The summed E-state index contributed by atoms with van der Waals surface area (Å²) in [6, 6.07) is -2.81. The van der Waals surface area contributed by atoms with Crippen LogP contribution in [0.25, 0.3) is 0 Å². The molecule has 0 rings (SSSR count). The van der Waals surface area contributed by atoms with Crippen molar-refractivity contribution in [2.75, 3.05) is 19.7 Å². The van der Waals surface area contributed by atoms with E-state index in [0.717, 1.165) is 0 Å². The number of hydrogen-bond donors (Lipinski definition) is 3. The summed E-state index contributed by atoms with van der Waals surface area (Å²) in [7, 11) is 0. The number of carbonyl (C=O) groups is 2. The number of rotatable bonds is 5. The summed E-state index contributed by atoms with van der Waals surface area (Å²) in [5, 5.41) is 18.9. The van der Waals surface area contributed by atoms with Crippen molar-refractivity contribution >= 4 is 12.0 Å². The van der Waals surface area contributed by atoms with Gasteiger partial charge in [0.2, 0.25) is 0 Å². The first-order valence-electron chi connectivity index (χ1n) is 4.67. The summed E-state index contributed by atoms with van der Waals surface area (Å²) in [6.07, 6.45) is -4.56. The lowest BCUT2D eigenvalue weighted by atomic mass is 10.3. The van der Waals surface area contributed by atoms with Gasteiger partial charge in [-0.15, -0.1) is 0 Å². The summed E-state index contributed by atoms with van der Waals surface area (Å²) in [6.45, 7) is -1.29. The SMILES string of the molecule is CCN(CC(F)(F)F)C(=O)N[C@@H](CO)C(=O)O. The van der Waals surface area contributed by atoms with Gasteiger partial charge in [-0.2, -0.15) is 13.2 Å². The average molecular weight is 258 g/mol. The molecule has 0 saturated carbocycles. The maximum absolute atomic E-state index is 12.0. The fraction of sp³-hybridized carbons (Fsp3) is 0.750. The first kappa shape index (κ1) is 15.5. The van der Waals surface area contributed by atoms with Crippen LogP contribution in [0.2, 0.25) is 0 Å². The van der Waals surface area contributed by atoms with Crippen LogP contribution in [0.15, 0.2) is 0 Å². The molecule has 0 aromatic rings. The van der Waals surface area contributed by atoms with E-state index in [2.05, 4.69) is 0 Å². The average Bonchev–Trinajstić information content (AvgIpc) is 2.20. The fourth-order valence-corrected chi connectivity index (χ4v) is 0.969. The highest BCUT2D eigenvalue weighted by Gasteiger charge is 2.33. The number of carboxylic acids is 1. The van der Waals surface area contributed by atoms with Crippen LogP contribution >= 0.6 is 0 Å². The Balaban J connectivity index is 4.50. The lowest BCUT2D eigenvalue weighted by Gasteiger charge is -2.24. The number of hydrogen-bond acceptors (Lipinski definition) is 3. The number of nitrogens with one attached hydrogen (secondary N) is 1. The number of carboxylic acid groups (broad SMARTS) is 1. The third kappa shape index (κ3) is 5.95. The van der Waals surface area contributed by atoms with E-state index < -0.39 is 37.4 Å². The lowest BCUT2D eigenvalue weighted by molar-refractivity contribution is -0.141. The minimum absolute atomic E-state index is 0.233. The molecule has 0 bridgehead atoms. The Bertz CT molecular complexity index is 282. The molecule has 0 aromatic carbocycles. The van der Waals surface area contributed by atoms with Gasteiger partial charge in [-0.3, -0.25) is 0 Å². The zero-order chi connectivity index (χ0) is 13.6.